The molecule has 27 heavy (non-hydrogen) atoms. The zero-order chi connectivity index (χ0) is 19.0. The maximum atomic E-state index is 12.7. The number of rotatable bonds is 3. The van der Waals surface area contributed by atoms with Crippen molar-refractivity contribution in [3.63, 3.8) is 0 Å². The summed E-state index contributed by atoms with van der Waals surface area (Å²) in [4.78, 5) is 26.9. The summed E-state index contributed by atoms with van der Waals surface area (Å²) in [5.41, 5.74) is 3.58. The third kappa shape index (κ3) is 3.35. The van der Waals surface area contributed by atoms with Crippen molar-refractivity contribution in [2.45, 2.75) is 20.3 Å². The molecule has 2 aromatic carbocycles. The Morgan fingerprint density at radius 2 is 1.78 bits per heavy atom. The highest BCUT2D eigenvalue weighted by atomic mass is 16.6. The number of fused-ring (bicyclic) bond motifs is 1. The van der Waals surface area contributed by atoms with Gasteiger partial charge in [0.1, 0.15) is 13.2 Å². The third-order valence-electron chi connectivity index (χ3n) is 5.06. The zero-order valence-electron chi connectivity index (χ0n) is 15.5. The Labute approximate surface area is 158 Å². The summed E-state index contributed by atoms with van der Waals surface area (Å²) in [6, 6.07) is 11.3. The van der Waals surface area contributed by atoms with Crippen LogP contribution in [0.2, 0.25) is 0 Å². The lowest BCUT2D eigenvalue weighted by Crippen LogP contribution is -2.28. The molecule has 1 saturated heterocycles. The van der Waals surface area contributed by atoms with Gasteiger partial charge in [0.15, 0.2) is 11.5 Å². The molecule has 2 aliphatic heterocycles. The number of hydrogen-bond donors (Lipinski definition) is 1. The average Bonchev–Trinajstić information content (AvgIpc) is 3.06. The number of nitrogens with zero attached hydrogens (tertiary/aromatic N) is 1. The standard InChI is InChI=1S/C21H22N2O4/c1-13-4-3-5-14(2)20(13)22-21(25)15-10-19(24)23(12-15)16-6-7-17-18(11-16)27-9-8-26-17/h3-7,11,15H,8-10,12H2,1-2H3,(H,22,25)/t15-/m1/s1. The van der Waals surface area contributed by atoms with Crippen molar-refractivity contribution in [3.05, 3.63) is 47.5 Å². The SMILES string of the molecule is Cc1cccc(C)c1NC(=O)[C@@H]1CC(=O)N(c2ccc3c(c2)OCCO3)C1. The van der Waals surface area contributed by atoms with Gasteiger partial charge in [0.25, 0.3) is 0 Å². The second-order valence-corrected chi connectivity index (χ2v) is 6.99. The van der Waals surface area contributed by atoms with Crippen LogP contribution in [0.3, 0.4) is 0 Å². The highest BCUT2D eigenvalue weighted by Crippen LogP contribution is 2.36. The van der Waals surface area contributed by atoms with Gasteiger partial charge in [0, 0.05) is 30.4 Å². The van der Waals surface area contributed by atoms with Gasteiger partial charge in [-0.05, 0) is 37.1 Å². The van der Waals surface area contributed by atoms with E-state index in [1.54, 1.807) is 17.0 Å². The van der Waals surface area contributed by atoms with E-state index in [-0.39, 0.29) is 24.2 Å². The Kier molecular flexibility index (Phi) is 4.48. The summed E-state index contributed by atoms with van der Waals surface area (Å²) in [5, 5.41) is 3.00. The molecule has 4 rings (SSSR count). The van der Waals surface area contributed by atoms with Gasteiger partial charge in [0.2, 0.25) is 11.8 Å². The predicted molar refractivity (Wildman–Crippen MR) is 102 cm³/mol. The Hall–Kier alpha value is -3.02. The van der Waals surface area contributed by atoms with Gasteiger partial charge < -0.3 is 19.7 Å². The van der Waals surface area contributed by atoms with Crippen LogP contribution in [0.25, 0.3) is 0 Å². The third-order valence-corrected chi connectivity index (χ3v) is 5.06. The fourth-order valence-corrected chi connectivity index (χ4v) is 3.57. The van der Waals surface area contributed by atoms with Crippen LogP contribution in [0, 0.1) is 19.8 Å². The molecule has 0 aromatic heterocycles. The molecule has 2 heterocycles. The van der Waals surface area contributed by atoms with Crippen LogP contribution in [0.15, 0.2) is 36.4 Å². The van der Waals surface area contributed by atoms with Gasteiger partial charge in [-0.2, -0.15) is 0 Å². The molecule has 0 bridgehead atoms. The maximum absolute atomic E-state index is 12.7. The lowest BCUT2D eigenvalue weighted by Gasteiger charge is -2.22. The largest absolute Gasteiger partial charge is 0.486 e. The number of ether oxygens (including phenoxy) is 2. The highest BCUT2D eigenvalue weighted by molar-refractivity contribution is 6.04. The van der Waals surface area contributed by atoms with Crippen molar-refractivity contribution in [2.75, 3.05) is 30.0 Å². The van der Waals surface area contributed by atoms with Crippen LogP contribution >= 0.6 is 0 Å². The number of para-hydroxylation sites is 1. The lowest BCUT2D eigenvalue weighted by atomic mass is 10.1. The molecule has 1 atom stereocenters. The van der Waals surface area contributed by atoms with Crippen molar-refractivity contribution in [3.8, 4) is 11.5 Å². The topological polar surface area (TPSA) is 67.9 Å². The summed E-state index contributed by atoms with van der Waals surface area (Å²) >= 11 is 0. The van der Waals surface area contributed by atoms with E-state index in [0.29, 0.717) is 31.3 Å². The first-order valence-corrected chi connectivity index (χ1v) is 9.10. The van der Waals surface area contributed by atoms with E-state index in [9.17, 15) is 9.59 Å². The van der Waals surface area contributed by atoms with Crippen LogP contribution in [0.1, 0.15) is 17.5 Å². The predicted octanol–water partition coefficient (Wildman–Crippen LogP) is 3.07. The van der Waals surface area contributed by atoms with Crippen molar-refractivity contribution in [1.82, 2.24) is 0 Å². The number of hydrogen-bond acceptors (Lipinski definition) is 4. The smallest absolute Gasteiger partial charge is 0.229 e. The number of anilines is 2. The van der Waals surface area contributed by atoms with Gasteiger partial charge in [-0.3, -0.25) is 9.59 Å². The molecule has 2 aromatic rings. The summed E-state index contributed by atoms with van der Waals surface area (Å²) < 4.78 is 11.1. The molecule has 1 fully saturated rings. The molecular formula is C21H22N2O4. The number of nitrogens with one attached hydrogen (secondary N) is 1. The van der Waals surface area contributed by atoms with Gasteiger partial charge in [-0.25, -0.2) is 0 Å². The summed E-state index contributed by atoms with van der Waals surface area (Å²) in [7, 11) is 0. The minimum Gasteiger partial charge on any atom is -0.486 e. The minimum absolute atomic E-state index is 0.0617. The number of benzene rings is 2. The lowest BCUT2D eigenvalue weighted by molar-refractivity contribution is -0.122. The van der Waals surface area contributed by atoms with E-state index in [0.717, 1.165) is 22.5 Å². The first kappa shape index (κ1) is 17.4. The molecule has 0 unspecified atom stereocenters. The number of carbonyl (C=O) groups excluding carboxylic acids is 2. The van der Waals surface area contributed by atoms with Gasteiger partial charge in [0.05, 0.1) is 5.92 Å². The number of aryl methyl sites for hydroxylation is 2. The van der Waals surface area contributed by atoms with E-state index in [2.05, 4.69) is 5.32 Å². The second-order valence-electron chi connectivity index (χ2n) is 6.99. The Morgan fingerprint density at radius 3 is 2.52 bits per heavy atom. The molecule has 2 aliphatic rings. The van der Waals surface area contributed by atoms with Crippen molar-refractivity contribution in [2.24, 2.45) is 5.92 Å². The Morgan fingerprint density at radius 1 is 1.07 bits per heavy atom. The maximum Gasteiger partial charge on any atom is 0.229 e. The summed E-state index contributed by atoms with van der Waals surface area (Å²) in [6.07, 6.45) is 0.200. The molecule has 6 heteroatoms. The molecule has 1 N–H and O–H groups in total. The highest BCUT2D eigenvalue weighted by Gasteiger charge is 2.35. The van der Waals surface area contributed by atoms with E-state index in [1.807, 2.05) is 38.1 Å². The fraction of sp³-hybridized carbons (Fsp3) is 0.333. The van der Waals surface area contributed by atoms with Gasteiger partial charge in [-0.1, -0.05) is 18.2 Å². The van der Waals surface area contributed by atoms with E-state index < -0.39 is 0 Å². The van der Waals surface area contributed by atoms with Gasteiger partial charge >= 0.3 is 0 Å². The Bertz CT molecular complexity index is 889. The second kappa shape index (κ2) is 6.95. The zero-order valence-corrected chi connectivity index (χ0v) is 15.5. The van der Waals surface area contributed by atoms with Gasteiger partial charge in [-0.15, -0.1) is 0 Å². The van der Waals surface area contributed by atoms with Crippen molar-refractivity contribution >= 4 is 23.2 Å². The molecule has 0 saturated carbocycles. The molecule has 0 aliphatic carbocycles. The summed E-state index contributed by atoms with van der Waals surface area (Å²) in [6.45, 7) is 5.30. The van der Waals surface area contributed by atoms with Crippen LogP contribution in [0.4, 0.5) is 11.4 Å². The normalized spacial score (nSPS) is 18.5. The molecule has 0 radical (unpaired) electrons. The van der Waals surface area contributed by atoms with Crippen molar-refractivity contribution < 1.29 is 19.1 Å². The number of amides is 2. The minimum atomic E-state index is -0.385. The van der Waals surface area contributed by atoms with E-state index >= 15 is 0 Å². The van der Waals surface area contributed by atoms with E-state index in [4.69, 9.17) is 9.47 Å². The van der Waals surface area contributed by atoms with Crippen LogP contribution in [-0.4, -0.2) is 31.6 Å². The quantitative estimate of drug-likeness (QED) is 0.907. The van der Waals surface area contributed by atoms with Crippen LogP contribution in [-0.2, 0) is 9.59 Å². The first-order valence-electron chi connectivity index (χ1n) is 9.10. The molecule has 0 spiro atoms. The molecular weight excluding hydrogens is 344 g/mol. The van der Waals surface area contributed by atoms with Crippen LogP contribution < -0.4 is 19.7 Å². The van der Waals surface area contributed by atoms with Crippen molar-refractivity contribution in [1.29, 1.82) is 0 Å². The Balaban J connectivity index is 1.50. The summed E-state index contributed by atoms with van der Waals surface area (Å²) in [5.74, 6) is 0.745. The molecule has 2 amide bonds. The van der Waals surface area contributed by atoms with Crippen LogP contribution in [0.5, 0.6) is 11.5 Å². The fourth-order valence-electron chi connectivity index (χ4n) is 3.57. The molecule has 6 nitrogen and oxygen atoms in total. The first-order chi connectivity index (χ1) is 13.0. The average molecular weight is 366 g/mol. The van der Waals surface area contributed by atoms with E-state index in [1.165, 1.54) is 0 Å². The molecule has 140 valence electrons. The monoisotopic (exact) mass is 366 g/mol. The number of carbonyl (C=O) groups is 2.